The van der Waals surface area contributed by atoms with E-state index in [1.165, 1.54) is 32.4 Å². The molecule has 0 unspecified atom stereocenters. The minimum Gasteiger partial charge on any atom is -0.463 e. The Morgan fingerprint density at radius 1 is 0.829 bits per heavy atom. The molecule has 1 aliphatic rings. The van der Waals surface area contributed by atoms with Gasteiger partial charge in [-0.2, -0.15) is 5.10 Å². The average Bonchev–Trinajstić information content (AvgIpc) is 3.23. The van der Waals surface area contributed by atoms with Crippen LogP contribution in [0.1, 0.15) is 45.0 Å². The first-order valence-corrected chi connectivity index (χ1v) is 11.0. The lowest BCUT2D eigenvalue weighted by Gasteiger charge is -2.44. The van der Waals surface area contributed by atoms with Crippen molar-refractivity contribution >= 4 is 23.9 Å². The molecule has 0 aliphatic carbocycles. The maximum atomic E-state index is 12.0. The largest absolute Gasteiger partial charge is 0.463 e. The quantitative estimate of drug-likeness (QED) is 0.400. The zero-order chi connectivity index (χ0) is 25.5. The fourth-order valence-electron chi connectivity index (χ4n) is 3.86. The van der Waals surface area contributed by atoms with Crippen molar-refractivity contribution in [1.82, 2.24) is 9.78 Å². The van der Waals surface area contributed by atoms with Crippen LogP contribution in [0.4, 0.5) is 0 Å². The monoisotopic (exact) mass is 488 g/mol. The van der Waals surface area contributed by atoms with E-state index in [-0.39, 0.29) is 6.61 Å². The van der Waals surface area contributed by atoms with Crippen LogP contribution in [-0.2, 0) is 49.3 Å². The van der Waals surface area contributed by atoms with Crippen LogP contribution in [0.15, 0.2) is 42.7 Å². The molecule has 11 nitrogen and oxygen atoms in total. The molecule has 1 aromatic carbocycles. The molecule has 1 fully saturated rings. The van der Waals surface area contributed by atoms with Crippen LogP contribution >= 0.6 is 0 Å². The molecular formula is C24H28N2O9. The second-order valence-electron chi connectivity index (χ2n) is 8.08. The molecule has 2 heterocycles. The molecule has 2 aromatic rings. The zero-order valence-corrected chi connectivity index (χ0v) is 19.9. The highest BCUT2D eigenvalue weighted by molar-refractivity contribution is 5.68. The van der Waals surface area contributed by atoms with Crippen molar-refractivity contribution in [1.29, 1.82) is 0 Å². The Morgan fingerprint density at radius 3 is 2.03 bits per heavy atom. The second-order valence-corrected chi connectivity index (χ2v) is 8.08. The van der Waals surface area contributed by atoms with Crippen LogP contribution in [0.3, 0.4) is 0 Å². The lowest BCUT2D eigenvalue weighted by Crippen LogP contribution is -2.60. The number of ether oxygens (including phenoxy) is 5. The number of aromatic nitrogens is 2. The fraction of sp³-hybridized carbons (Fsp3) is 0.458. The van der Waals surface area contributed by atoms with Gasteiger partial charge in [0, 0.05) is 40.3 Å². The van der Waals surface area contributed by atoms with Gasteiger partial charge >= 0.3 is 23.9 Å². The van der Waals surface area contributed by atoms with Gasteiger partial charge in [-0.1, -0.05) is 30.3 Å². The number of esters is 4. The van der Waals surface area contributed by atoms with Gasteiger partial charge in [0.15, 0.2) is 24.5 Å². The van der Waals surface area contributed by atoms with Crippen LogP contribution in [0.2, 0.25) is 0 Å². The highest BCUT2D eigenvalue weighted by Gasteiger charge is 2.53. The van der Waals surface area contributed by atoms with Gasteiger partial charge in [-0.05, 0) is 11.1 Å². The molecule has 1 aliphatic heterocycles. The predicted octanol–water partition coefficient (Wildman–Crippen LogP) is 1.73. The minimum atomic E-state index is -1.25. The second kappa shape index (κ2) is 11.6. The van der Waals surface area contributed by atoms with Crippen LogP contribution < -0.4 is 0 Å². The maximum absolute atomic E-state index is 12.0. The molecule has 5 atom stereocenters. The lowest BCUT2D eigenvalue weighted by molar-refractivity contribution is -0.270. The molecule has 35 heavy (non-hydrogen) atoms. The van der Waals surface area contributed by atoms with Crippen molar-refractivity contribution in [3.63, 3.8) is 0 Å². The Morgan fingerprint density at radius 2 is 1.43 bits per heavy atom. The van der Waals surface area contributed by atoms with Crippen LogP contribution in [-0.4, -0.2) is 64.7 Å². The summed E-state index contributed by atoms with van der Waals surface area (Å²) in [4.78, 5) is 47.2. The van der Waals surface area contributed by atoms with E-state index in [0.29, 0.717) is 6.42 Å². The third-order valence-electron chi connectivity index (χ3n) is 5.13. The predicted molar refractivity (Wildman–Crippen MR) is 119 cm³/mol. The summed E-state index contributed by atoms with van der Waals surface area (Å²) >= 11 is 0. The standard InChI is InChI=1S/C24H28N2O9/c1-14(27)31-13-20-21(32-15(2)28)22(33-16(3)29)23(34-17(4)30)24(35-20)26-12-19(11-25-26)10-18-8-6-5-7-9-18/h5-9,11-12,20-24H,10,13H2,1-4H3/t20-,21-,22+,23-,24-/m1/s1. The smallest absolute Gasteiger partial charge is 0.303 e. The van der Waals surface area contributed by atoms with Crippen molar-refractivity contribution in [3.8, 4) is 0 Å². The highest BCUT2D eigenvalue weighted by atomic mass is 16.7. The van der Waals surface area contributed by atoms with Gasteiger partial charge in [0.2, 0.25) is 0 Å². The van der Waals surface area contributed by atoms with Gasteiger partial charge in [0.25, 0.3) is 0 Å². The Balaban J connectivity index is 1.98. The summed E-state index contributed by atoms with van der Waals surface area (Å²) in [6.45, 7) is 4.46. The molecule has 0 N–H and O–H groups in total. The summed E-state index contributed by atoms with van der Waals surface area (Å²) < 4.78 is 29.0. The summed E-state index contributed by atoms with van der Waals surface area (Å²) in [7, 11) is 0. The molecule has 1 saturated heterocycles. The van der Waals surface area contributed by atoms with E-state index in [9.17, 15) is 19.2 Å². The van der Waals surface area contributed by atoms with E-state index >= 15 is 0 Å². The van der Waals surface area contributed by atoms with E-state index in [1.54, 1.807) is 12.4 Å². The molecule has 11 heteroatoms. The molecule has 188 valence electrons. The molecule has 1 aromatic heterocycles. The Hall–Kier alpha value is -3.73. The van der Waals surface area contributed by atoms with Crippen LogP contribution in [0.25, 0.3) is 0 Å². The highest BCUT2D eigenvalue weighted by Crippen LogP contribution is 2.34. The summed E-state index contributed by atoms with van der Waals surface area (Å²) in [5.41, 5.74) is 1.91. The van der Waals surface area contributed by atoms with Crippen molar-refractivity contribution in [2.75, 3.05) is 6.61 Å². The zero-order valence-electron chi connectivity index (χ0n) is 19.9. The van der Waals surface area contributed by atoms with E-state index in [0.717, 1.165) is 11.1 Å². The number of hydrogen-bond donors (Lipinski definition) is 0. The first-order valence-electron chi connectivity index (χ1n) is 11.0. The number of carbonyl (C=O) groups is 4. The van der Waals surface area contributed by atoms with E-state index in [1.807, 2.05) is 30.3 Å². The van der Waals surface area contributed by atoms with E-state index < -0.39 is 54.5 Å². The normalized spacial score (nSPS) is 23.7. The molecule has 0 bridgehead atoms. The molecular weight excluding hydrogens is 460 g/mol. The summed E-state index contributed by atoms with van der Waals surface area (Å²) in [5.74, 6) is -2.63. The van der Waals surface area contributed by atoms with E-state index in [4.69, 9.17) is 23.7 Å². The van der Waals surface area contributed by atoms with Gasteiger partial charge in [0.1, 0.15) is 12.7 Å². The number of rotatable bonds is 8. The summed E-state index contributed by atoms with van der Waals surface area (Å²) in [6, 6.07) is 9.74. The Labute approximate surface area is 202 Å². The number of nitrogens with zero attached hydrogens (tertiary/aromatic N) is 2. The maximum Gasteiger partial charge on any atom is 0.303 e. The molecule has 0 amide bonds. The van der Waals surface area contributed by atoms with Crippen molar-refractivity contribution in [2.24, 2.45) is 0 Å². The summed E-state index contributed by atoms with van der Waals surface area (Å²) in [5, 5.41) is 4.37. The summed E-state index contributed by atoms with van der Waals surface area (Å²) in [6.07, 6.45) is -1.83. The van der Waals surface area contributed by atoms with Gasteiger partial charge in [-0.25, -0.2) is 4.68 Å². The Bertz CT molecular complexity index is 1050. The van der Waals surface area contributed by atoms with Gasteiger partial charge in [-0.15, -0.1) is 0 Å². The van der Waals surface area contributed by atoms with Crippen LogP contribution in [0, 0.1) is 0 Å². The van der Waals surface area contributed by atoms with Crippen molar-refractivity contribution in [2.45, 2.75) is 64.8 Å². The molecule has 0 radical (unpaired) electrons. The SMILES string of the molecule is CC(=O)OC[C@H]1O[C@@H](n2cc(Cc3ccccc3)cn2)[C@H](OC(C)=O)[C@@H](OC(C)=O)[C@@H]1OC(C)=O. The first kappa shape index (κ1) is 25.9. The third-order valence-corrected chi connectivity index (χ3v) is 5.13. The van der Waals surface area contributed by atoms with Crippen molar-refractivity contribution < 1.29 is 42.9 Å². The average molecular weight is 488 g/mol. The third kappa shape index (κ3) is 7.12. The van der Waals surface area contributed by atoms with Crippen LogP contribution in [0.5, 0.6) is 0 Å². The van der Waals surface area contributed by atoms with Gasteiger partial charge in [-0.3, -0.25) is 19.2 Å². The lowest BCUT2D eigenvalue weighted by atomic mass is 9.97. The molecule has 3 rings (SSSR count). The van der Waals surface area contributed by atoms with E-state index in [2.05, 4.69) is 5.10 Å². The topological polar surface area (TPSA) is 132 Å². The van der Waals surface area contributed by atoms with Gasteiger partial charge < -0.3 is 23.7 Å². The minimum absolute atomic E-state index is 0.299. The number of benzene rings is 1. The molecule has 0 spiro atoms. The first-order chi connectivity index (χ1) is 16.6. The number of hydrogen-bond acceptors (Lipinski definition) is 10. The Kier molecular flexibility index (Phi) is 8.58. The number of carbonyl (C=O) groups excluding carboxylic acids is 4. The van der Waals surface area contributed by atoms with Crippen molar-refractivity contribution in [3.05, 3.63) is 53.9 Å². The molecule has 0 saturated carbocycles. The van der Waals surface area contributed by atoms with Gasteiger partial charge in [0.05, 0.1) is 6.20 Å². The fourth-order valence-corrected chi connectivity index (χ4v) is 3.86.